The maximum Gasteiger partial charge on any atom is 0.159 e. The van der Waals surface area contributed by atoms with Crippen LogP contribution >= 0.6 is 0 Å². The van der Waals surface area contributed by atoms with E-state index in [-0.39, 0.29) is 18.8 Å². The summed E-state index contributed by atoms with van der Waals surface area (Å²) in [5, 5.41) is 0. The topological polar surface area (TPSA) is 27.7 Å². The number of alkyl halides is 2. The van der Waals surface area contributed by atoms with Crippen molar-refractivity contribution in [3.05, 3.63) is 0 Å². The van der Waals surface area contributed by atoms with Gasteiger partial charge in [-0.05, 0) is 53.9 Å². The van der Waals surface area contributed by atoms with E-state index >= 15 is 4.39 Å². The van der Waals surface area contributed by atoms with E-state index in [1.54, 1.807) is 13.8 Å². The average molecular weight is 367 g/mol. The second kappa shape index (κ2) is 10.2. The monoisotopic (exact) mass is 366 g/mol. The Bertz CT molecular complexity index is 372. The van der Waals surface area contributed by atoms with Crippen LogP contribution < -0.4 is 0 Å². The summed E-state index contributed by atoms with van der Waals surface area (Å²) >= 11 is 0. The number of rotatable bonds is 14. The number of ether oxygens (including phenoxy) is 3. The van der Waals surface area contributed by atoms with E-state index in [0.29, 0.717) is 19.4 Å². The van der Waals surface area contributed by atoms with Crippen LogP contribution in [0.1, 0.15) is 81.1 Å². The van der Waals surface area contributed by atoms with Gasteiger partial charge in [-0.25, -0.2) is 8.78 Å². The molecule has 0 aromatic heterocycles. The molecule has 0 rings (SSSR count). The highest BCUT2D eigenvalue weighted by Crippen LogP contribution is 2.36. The van der Waals surface area contributed by atoms with E-state index in [1.165, 1.54) is 6.92 Å². The lowest BCUT2D eigenvalue weighted by molar-refractivity contribution is -0.184. The number of hydrogen-bond acceptors (Lipinski definition) is 3. The molecule has 0 aliphatic heterocycles. The summed E-state index contributed by atoms with van der Waals surface area (Å²) < 4.78 is 45.9. The van der Waals surface area contributed by atoms with Crippen molar-refractivity contribution < 1.29 is 23.0 Å². The molecule has 0 aliphatic rings. The standard InChI is InChI=1S/C20H40F2O3/c1-9-17(5,10-2)25-16-19(7,22)20(8,11-3)24-14-13-18(6,15-21)23-12-4/h9-16H2,1-8H3. The molecule has 3 unspecified atom stereocenters. The lowest BCUT2D eigenvalue weighted by Crippen LogP contribution is -2.53. The Balaban J connectivity index is 4.88. The maximum absolute atomic E-state index is 15.4. The first kappa shape index (κ1) is 24.7. The van der Waals surface area contributed by atoms with Gasteiger partial charge in [-0.1, -0.05) is 20.8 Å². The van der Waals surface area contributed by atoms with Crippen molar-refractivity contribution in [3.63, 3.8) is 0 Å². The highest BCUT2D eigenvalue weighted by molar-refractivity contribution is 4.96. The molecule has 5 heteroatoms. The fraction of sp³-hybridized carbons (Fsp3) is 1.00. The molecule has 152 valence electrons. The predicted molar refractivity (Wildman–Crippen MR) is 99.7 cm³/mol. The summed E-state index contributed by atoms with van der Waals surface area (Å²) in [7, 11) is 0. The molecule has 0 saturated heterocycles. The molecule has 3 atom stereocenters. The van der Waals surface area contributed by atoms with Crippen LogP contribution in [-0.4, -0.2) is 49.0 Å². The van der Waals surface area contributed by atoms with E-state index in [9.17, 15) is 4.39 Å². The second-order valence-corrected chi connectivity index (χ2v) is 7.84. The van der Waals surface area contributed by atoms with Gasteiger partial charge in [0.25, 0.3) is 0 Å². The Morgan fingerprint density at radius 2 is 1.32 bits per heavy atom. The van der Waals surface area contributed by atoms with E-state index < -0.39 is 23.5 Å². The summed E-state index contributed by atoms with van der Waals surface area (Å²) in [6.07, 6.45) is 2.53. The fourth-order valence-corrected chi connectivity index (χ4v) is 2.56. The summed E-state index contributed by atoms with van der Waals surface area (Å²) in [6.45, 7) is 14.9. The van der Waals surface area contributed by atoms with E-state index in [4.69, 9.17) is 14.2 Å². The van der Waals surface area contributed by atoms with Crippen molar-refractivity contribution in [2.45, 2.75) is 104 Å². The lowest BCUT2D eigenvalue weighted by atomic mass is 9.85. The van der Waals surface area contributed by atoms with Crippen LogP contribution in [0.15, 0.2) is 0 Å². The SMILES string of the molecule is CCOC(C)(CF)CCOC(C)(CC)C(C)(F)COC(C)(CC)CC. The van der Waals surface area contributed by atoms with Crippen LogP contribution in [0.2, 0.25) is 0 Å². The molecule has 0 radical (unpaired) electrons. The molecule has 0 amide bonds. The molecular weight excluding hydrogens is 326 g/mol. The highest BCUT2D eigenvalue weighted by atomic mass is 19.1. The largest absolute Gasteiger partial charge is 0.373 e. The summed E-state index contributed by atoms with van der Waals surface area (Å²) in [6, 6.07) is 0. The third-order valence-corrected chi connectivity index (χ3v) is 5.79. The first-order chi connectivity index (χ1) is 11.5. The number of hydrogen-bond donors (Lipinski definition) is 0. The summed E-state index contributed by atoms with van der Waals surface area (Å²) in [5.74, 6) is 0. The maximum atomic E-state index is 15.4. The molecule has 0 saturated carbocycles. The van der Waals surface area contributed by atoms with Gasteiger partial charge in [0, 0.05) is 13.0 Å². The van der Waals surface area contributed by atoms with Crippen molar-refractivity contribution >= 4 is 0 Å². The average Bonchev–Trinajstić information content (AvgIpc) is 2.59. The van der Waals surface area contributed by atoms with E-state index in [1.807, 2.05) is 34.6 Å². The van der Waals surface area contributed by atoms with Gasteiger partial charge in [-0.2, -0.15) is 0 Å². The second-order valence-electron chi connectivity index (χ2n) is 7.84. The molecule has 0 aromatic rings. The molecular formula is C20H40F2O3. The van der Waals surface area contributed by atoms with E-state index in [2.05, 4.69) is 0 Å². The molecule has 0 aromatic carbocycles. The zero-order valence-corrected chi connectivity index (χ0v) is 17.6. The smallest absolute Gasteiger partial charge is 0.159 e. The minimum absolute atomic E-state index is 0.0264. The van der Waals surface area contributed by atoms with Gasteiger partial charge in [-0.15, -0.1) is 0 Å². The highest BCUT2D eigenvalue weighted by Gasteiger charge is 2.46. The van der Waals surface area contributed by atoms with Crippen LogP contribution in [0.4, 0.5) is 8.78 Å². The van der Waals surface area contributed by atoms with Gasteiger partial charge in [0.2, 0.25) is 0 Å². The Kier molecular flexibility index (Phi) is 10.1. The molecule has 3 nitrogen and oxygen atoms in total. The molecule has 0 aliphatic carbocycles. The normalized spacial score (nSPS) is 19.9. The fourth-order valence-electron chi connectivity index (χ4n) is 2.56. The molecule has 0 N–H and O–H groups in total. The Morgan fingerprint density at radius 1 is 0.760 bits per heavy atom. The predicted octanol–water partition coefficient (Wildman–Crippen LogP) is 5.65. The van der Waals surface area contributed by atoms with Gasteiger partial charge in [0.1, 0.15) is 12.3 Å². The Hall–Kier alpha value is -0.260. The van der Waals surface area contributed by atoms with Crippen LogP contribution in [-0.2, 0) is 14.2 Å². The van der Waals surface area contributed by atoms with E-state index in [0.717, 1.165) is 12.8 Å². The van der Waals surface area contributed by atoms with Gasteiger partial charge in [-0.3, -0.25) is 0 Å². The Labute approximate surface area is 153 Å². The molecule has 0 bridgehead atoms. The summed E-state index contributed by atoms with van der Waals surface area (Å²) in [4.78, 5) is 0. The lowest BCUT2D eigenvalue weighted by Gasteiger charge is -2.42. The zero-order valence-electron chi connectivity index (χ0n) is 17.6. The van der Waals surface area contributed by atoms with Gasteiger partial charge >= 0.3 is 0 Å². The summed E-state index contributed by atoms with van der Waals surface area (Å²) in [5.41, 5.74) is -3.86. The van der Waals surface area contributed by atoms with Crippen molar-refractivity contribution in [2.75, 3.05) is 26.5 Å². The van der Waals surface area contributed by atoms with Crippen molar-refractivity contribution in [1.82, 2.24) is 0 Å². The first-order valence-corrected chi connectivity index (χ1v) is 9.63. The van der Waals surface area contributed by atoms with Gasteiger partial charge in [0.15, 0.2) is 5.67 Å². The zero-order chi connectivity index (χ0) is 19.8. The molecule has 0 spiro atoms. The van der Waals surface area contributed by atoms with Gasteiger partial charge < -0.3 is 14.2 Å². The third-order valence-electron chi connectivity index (χ3n) is 5.79. The quantitative estimate of drug-likeness (QED) is 0.397. The Morgan fingerprint density at radius 3 is 1.72 bits per heavy atom. The molecule has 0 heterocycles. The van der Waals surface area contributed by atoms with Crippen LogP contribution in [0.5, 0.6) is 0 Å². The number of halogens is 2. The van der Waals surface area contributed by atoms with Crippen LogP contribution in [0, 0.1) is 0 Å². The minimum Gasteiger partial charge on any atom is -0.373 e. The third kappa shape index (κ3) is 7.10. The molecule has 0 fully saturated rings. The minimum atomic E-state index is -1.65. The van der Waals surface area contributed by atoms with Crippen molar-refractivity contribution in [1.29, 1.82) is 0 Å². The van der Waals surface area contributed by atoms with Crippen molar-refractivity contribution in [3.8, 4) is 0 Å². The van der Waals surface area contributed by atoms with Crippen molar-refractivity contribution in [2.24, 2.45) is 0 Å². The van der Waals surface area contributed by atoms with Gasteiger partial charge in [0.05, 0.1) is 24.4 Å². The van der Waals surface area contributed by atoms with Crippen LogP contribution in [0.3, 0.4) is 0 Å². The van der Waals surface area contributed by atoms with Crippen LogP contribution in [0.25, 0.3) is 0 Å². The first-order valence-electron chi connectivity index (χ1n) is 9.63. The molecule has 25 heavy (non-hydrogen) atoms.